The second kappa shape index (κ2) is 5.09. The fourth-order valence-corrected chi connectivity index (χ4v) is 1.92. The van der Waals surface area contributed by atoms with E-state index < -0.39 is 5.97 Å². The Balaban J connectivity index is 1.86. The molecule has 3 aromatic rings. The van der Waals surface area contributed by atoms with Crippen molar-refractivity contribution in [3.63, 3.8) is 0 Å². The van der Waals surface area contributed by atoms with Gasteiger partial charge >= 0.3 is 5.97 Å². The highest BCUT2D eigenvalue weighted by Crippen LogP contribution is 2.14. The first kappa shape index (κ1) is 12.9. The van der Waals surface area contributed by atoms with Crippen molar-refractivity contribution in [2.45, 2.75) is 0 Å². The van der Waals surface area contributed by atoms with Gasteiger partial charge in [-0.3, -0.25) is 4.63 Å². The fourth-order valence-electron chi connectivity index (χ4n) is 1.92. The van der Waals surface area contributed by atoms with Crippen molar-refractivity contribution in [2.75, 3.05) is 0 Å². The summed E-state index contributed by atoms with van der Waals surface area (Å²) in [5.74, 6) is -0.955. The number of fused-ring (bicyclic) bond motifs is 1. The number of carbonyl (C=O) groups is 1. The van der Waals surface area contributed by atoms with E-state index in [-0.39, 0.29) is 5.56 Å². The SMILES string of the molecule is O=C(O)c1ccc(/C=C\c2ccc3no[n+]([O-])c3c2)cc1. The van der Waals surface area contributed by atoms with Crippen LogP contribution in [0.5, 0.6) is 0 Å². The van der Waals surface area contributed by atoms with E-state index in [0.29, 0.717) is 15.9 Å². The zero-order valence-corrected chi connectivity index (χ0v) is 10.8. The predicted molar refractivity (Wildman–Crippen MR) is 75.3 cm³/mol. The van der Waals surface area contributed by atoms with Gasteiger partial charge < -0.3 is 10.3 Å². The van der Waals surface area contributed by atoms with Crippen LogP contribution in [0.15, 0.2) is 47.1 Å². The Kier molecular flexibility index (Phi) is 3.12. The van der Waals surface area contributed by atoms with Gasteiger partial charge in [-0.25, -0.2) is 4.79 Å². The van der Waals surface area contributed by atoms with Gasteiger partial charge in [0.25, 0.3) is 0 Å². The topological polar surface area (TPSA) is 90.3 Å². The minimum Gasteiger partial charge on any atom is -0.478 e. The van der Waals surface area contributed by atoms with Crippen LogP contribution < -0.4 is 4.90 Å². The number of nitrogens with zero attached hydrogens (tertiary/aromatic N) is 2. The van der Waals surface area contributed by atoms with Gasteiger partial charge in [0.05, 0.1) is 5.56 Å². The number of hydrogen-bond acceptors (Lipinski definition) is 4. The molecule has 0 aliphatic rings. The van der Waals surface area contributed by atoms with Gasteiger partial charge in [-0.15, -0.1) is 0 Å². The summed E-state index contributed by atoms with van der Waals surface area (Å²) in [5.41, 5.74) is 2.77. The minimum absolute atomic E-state index is 0.241. The maximum Gasteiger partial charge on any atom is 0.335 e. The number of aromatic carboxylic acids is 1. The molecule has 104 valence electrons. The average molecular weight is 282 g/mol. The second-order valence-corrected chi connectivity index (χ2v) is 4.44. The Morgan fingerprint density at radius 3 is 2.52 bits per heavy atom. The van der Waals surface area contributed by atoms with Crippen LogP contribution in [0.3, 0.4) is 0 Å². The Hall–Kier alpha value is -3.15. The summed E-state index contributed by atoms with van der Waals surface area (Å²) in [5, 5.41) is 23.7. The molecule has 0 unspecified atom stereocenters. The van der Waals surface area contributed by atoms with Crippen molar-refractivity contribution in [1.29, 1.82) is 0 Å². The van der Waals surface area contributed by atoms with Crippen LogP contribution in [0.25, 0.3) is 23.2 Å². The predicted octanol–water partition coefficient (Wildman–Crippen LogP) is 2.33. The van der Waals surface area contributed by atoms with E-state index in [0.717, 1.165) is 11.1 Å². The first-order valence-electron chi connectivity index (χ1n) is 6.14. The Bertz CT molecular complexity index is 835. The molecule has 2 aromatic carbocycles. The van der Waals surface area contributed by atoms with Gasteiger partial charge in [0.15, 0.2) is 0 Å². The van der Waals surface area contributed by atoms with Gasteiger partial charge in [0.1, 0.15) is 0 Å². The zero-order chi connectivity index (χ0) is 14.8. The quantitative estimate of drug-likeness (QED) is 0.588. The number of aromatic nitrogens is 2. The third-order valence-corrected chi connectivity index (χ3v) is 3.04. The molecule has 0 bridgehead atoms. The fraction of sp³-hybridized carbons (Fsp3) is 0. The highest BCUT2D eigenvalue weighted by molar-refractivity contribution is 5.88. The van der Waals surface area contributed by atoms with Crippen LogP contribution >= 0.6 is 0 Å². The van der Waals surface area contributed by atoms with E-state index in [1.54, 1.807) is 24.3 Å². The molecule has 6 nitrogen and oxygen atoms in total. The third kappa shape index (κ3) is 2.59. The van der Waals surface area contributed by atoms with Crippen molar-refractivity contribution in [2.24, 2.45) is 0 Å². The van der Waals surface area contributed by atoms with Gasteiger partial charge in [0.2, 0.25) is 11.0 Å². The van der Waals surface area contributed by atoms with E-state index >= 15 is 0 Å². The summed E-state index contributed by atoms with van der Waals surface area (Å²) >= 11 is 0. The van der Waals surface area contributed by atoms with Crippen molar-refractivity contribution >= 4 is 29.2 Å². The summed E-state index contributed by atoms with van der Waals surface area (Å²) in [7, 11) is 0. The van der Waals surface area contributed by atoms with Crippen molar-refractivity contribution in [3.05, 3.63) is 64.4 Å². The highest BCUT2D eigenvalue weighted by atomic mass is 16.8. The molecule has 1 heterocycles. The summed E-state index contributed by atoms with van der Waals surface area (Å²) < 4.78 is 4.50. The maximum atomic E-state index is 11.3. The monoisotopic (exact) mass is 282 g/mol. The molecule has 0 saturated heterocycles. The molecule has 0 radical (unpaired) electrons. The smallest absolute Gasteiger partial charge is 0.335 e. The lowest BCUT2D eigenvalue weighted by molar-refractivity contribution is -0.782. The molecule has 0 saturated carbocycles. The number of carboxylic acids is 1. The van der Waals surface area contributed by atoms with E-state index in [1.165, 1.54) is 12.1 Å². The highest BCUT2D eigenvalue weighted by Gasteiger charge is 2.08. The Labute approximate surface area is 119 Å². The molecular weight excluding hydrogens is 272 g/mol. The molecule has 3 rings (SSSR count). The van der Waals surface area contributed by atoms with E-state index in [9.17, 15) is 10.0 Å². The molecule has 0 amide bonds. The largest absolute Gasteiger partial charge is 0.478 e. The number of benzene rings is 2. The molecule has 0 fully saturated rings. The van der Waals surface area contributed by atoms with Crippen LogP contribution in [0.1, 0.15) is 21.5 Å². The summed E-state index contributed by atoms with van der Waals surface area (Å²) in [4.78, 5) is 11.1. The molecule has 0 atom stereocenters. The maximum absolute atomic E-state index is 11.3. The van der Waals surface area contributed by atoms with Gasteiger partial charge in [-0.2, -0.15) is 0 Å². The first-order valence-corrected chi connectivity index (χ1v) is 6.14. The van der Waals surface area contributed by atoms with Crippen LogP contribution in [0.4, 0.5) is 0 Å². The van der Waals surface area contributed by atoms with Crippen molar-refractivity contribution in [3.8, 4) is 0 Å². The Morgan fingerprint density at radius 2 is 1.81 bits per heavy atom. The number of carboxylic acid groups (broad SMARTS) is 1. The lowest BCUT2D eigenvalue weighted by Crippen LogP contribution is -2.22. The van der Waals surface area contributed by atoms with Crippen LogP contribution in [-0.2, 0) is 0 Å². The molecule has 0 spiro atoms. The average Bonchev–Trinajstić information content (AvgIpc) is 2.87. The van der Waals surface area contributed by atoms with E-state index in [2.05, 4.69) is 9.79 Å². The minimum atomic E-state index is -0.955. The van der Waals surface area contributed by atoms with Crippen molar-refractivity contribution < 1.29 is 19.4 Å². The van der Waals surface area contributed by atoms with Crippen molar-refractivity contribution in [1.82, 2.24) is 5.16 Å². The van der Waals surface area contributed by atoms with Crippen LogP contribution in [0.2, 0.25) is 0 Å². The molecule has 1 aromatic heterocycles. The van der Waals surface area contributed by atoms with E-state index in [1.807, 2.05) is 18.2 Å². The van der Waals surface area contributed by atoms with E-state index in [4.69, 9.17) is 5.11 Å². The Morgan fingerprint density at radius 1 is 1.14 bits per heavy atom. The summed E-state index contributed by atoms with van der Waals surface area (Å²) in [6, 6.07) is 11.7. The normalized spacial score (nSPS) is 11.2. The molecular formula is C15H10N2O4. The molecule has 1 N–H and O–H groups in total. The molecule has 0 aliphatic heterocycles. The summed E-state index contributed by atoms with van der Waals surface area (Å²) in [6.45, 7) is 0. The molecule has 6 heteroatoms. The number of hydrogen-bond donors (Lipinski definition) is 1. The lowest BCUT2D eigenvalue weighted by atomic mass is 10.1. The molecule has 21 heavy (non-hydrogen) atoms. The third-order valence-electron chi connectivity index (χ3n) is 3.04. The van der Waals surface area contributed by atoms with Gasteiger partial charge in [-0.1, -0.05) is 30.4 Å². The zero-order valence-electron chi connectivity index (χ0n) is 10.8. The number of rotatable bonds is 3. The van der Waals surface area contributed by atoms with Crippen LogP contribution in [0, 0.1) is 5.21 Å². The molecule has 0 aliphatic carbocycles. The van der Waals surface area contributed by atoms with Gasteiger partial charge in [-0.05, 0) is 34.2 Å². The summed E-state index contributed by atoms with van der Waals surface area (Å²) in [6.07, 6.45) is 3.65. The standard InChI is InChI=1S/C15H10N2O4/c18-15(19)12-6-3-10(4-7-12)1-2-11-5-8-13-14(9-11)17(20)21-16-13/h1-9H,(H,18,19)/b2-1-. The van der Waals surface area contributed by atoms with Crippen LogP contribution in [-0.4, -0.2) is 16.2 Å². The first-order chi connectivity index (χ1) is 10.1. The van der Waals surface area contributed by atoms with Gasteiger partial charge in [0, 0.05) is 11.2 Å². The lowest BCUT2D eigenvalue weighted by Gasteiger charge is -1.96. The second-order valence-electron chi connectivity index (χ2n) is 4.44.